The van der Waals surface area contributed by atoms with E-state index in [1.807, 2.05) is 11.7 Å². The van der Waals surface area contributed by atoms with Gasteiger partial charge < -0.3 is 5.73 Å². The molecule has 0 aliphatic rings. The number of aromatic nitrogens is 1. The van der Waals surface area contributed by atoms with Crippen LogP contribution in [0.2, 0.25) is 0 Å². The SMILES string of the molecule is Cc1cccc(CCC(N)Cc2cncs2)c1. The number of nitrogens with two attached hydrogens (primary N) is 1. The van der Waals surface area contributed by atoms with Gasteiger partial charge in [-0.25, -0.2) is 0 Å². The minimum atomic E-state index is 0.232. The van der Waals surface area contributed by atoms with Gasteiger partial charge in [-0.05, 0) is 31.7 Å². The van der Waals surface area contributed by atoms with Gasteiger partial charge in [0.25, 0.3) is 0 Å². The molecule has 1 heterocycles. The molecule has 2 nitrogen and oxygen atoms in total. The maximum absolute atomic E-state index is 6.13. The number of aryl methyl sites for hydroxylation is 2. The minimum Gasteiger partial charge on any atom is -0.327 e. The van der Waals surface area contributed by atoms with Crippen molar-refractivity contribution in [1.29, 1.82) is 0 Å². The quantitative estimate of drug-likeness (QED) is 0.881. The van der Waals surface area contributed by atoms with Gasteiger partial charge in [-0.1, -0.05) is 29.8 Å². The van der Waals surface area contributed by atoms with Crippen LogP contribution in [0.4, 0.5) is 0 Å². The molecule has 0 amide bonds. The van der Waals surface area contributed by atoms with Gasteiger partial charge in [0.2, 0.25) is 0 Å². The van der Waals surface area contributed by atoms with E-state index in [-0.39, 0.29) is 6.04 Å². The van der Waals surface area contributed by atoms with Crippen LogP contribution in [-0.4, -0.2) is 11.0 Å². The molecule has 17 heavy (non-hydrogen) atoms. The molecule has 3 heteroatoms. The highest BCUT2D eigenvalue weighted by Crippen LogP contribution is 2.12. The minimum absolute atomic E-state index is 0.232. The van der Waals surface area contributed by atoms with Crippen molar-refractivity contribution >= 4 is 11.3 Å². The second kappa shape index (κ2) is 5.94. The third-order valence-electron chi connectivity index (χ3n) is 2.83. The van der Waals surface area contributed by atoms with Crippen LogP contribution < -0.4 is 5.73 Å². The molecule has 2 N–H and O–H groups in total. The van der Waals surface area contributed by atoms with E-state index in [1.54, 1.807) is 11.3 Å². The fourth-order valence-electron chi connectivity index (χ4n) is 1.92. The Hall–Kier alpha value is -1.19. The number of rotatable bonds is 5. The molecule has 2 aromatic rings. The topological polar surface area (TPSA) is 38.9 Å². The van der Waals surface area contributed by atoms with Crippen LogP contribution in [0.15, 0.2) is 36.0 Å². The molecular weight excluding hydrogens is 228 g/mol. The summed E-state index contributed by atoms with van der Waals surface area (Å²) in [4.78, 5) is 5.35. The van der Waals surface area contributed by atoms with Gasteiger partial charge in [0.1, 0.15) is 0 Å². The van der Waals surface area contributed by atoms with Crippen LogP contribution in [-0.2, 0) is 12.8 Å². The molecule has 0 aliphatic carbocycles. The zero-order valence-electron chi connectivity index (χ0n) is 10.1. The summed E-state index contributed by atoms with van der Waals surface area (Å²) in [6.45, 7) is 2.13. The van der Waals surface area contributed by atoms with Gasteiger partial charge in [-0.3, -0.25) is 4.98 Å². The van der Waals surface area contributed by atoms with Crippen molar-refractivity contribution in [3.8, 4) is 0 Å². The fraction of sp³-hybridized carbons (Fsp3) is 0.357. The molecule has 0 radical (unpaired) electrons. The van der Waals surface area contributed by atoms with Gasteiger partial charge in [0.05, 0.1) is 5.51 Å². The Morgan fingerprint density at radius 2 is 2.29 bits per heavy atom. The first-order chi connectivity index (χ1) is 8.24. The number of thiazole rings is 1. The Bertz CT molecular complexity index is 451. The van der Waals surface area contributed by atoms with E-state index in [9.17, 15) is 0 Å². The highest BCUT2D eigenvalue weighted by molar-refractivity contribution is 7.09. The third-order valence-corrected chi connectivity index (χ3v) is 3.64. The van der Waals surface area contributed by atoms with E-state index < -0.39 is 0 Å². The van der Waals surface area contributed by atoms with E-state index in [0.29, 0.717) is 0 Å². The van der Waals surface area contributed by atoms with E-state index in [4.69, 9.17) is 5.73 Å². The maximum Gasteiger partial charge on any atom is 0.0794 e. The Balaban J connectivity index is 1.82. The summed E-state index contributed by atoms with van der Waals surface area (Å²) in [5, 5.41) is 0. The Morgan fingerprint density at radius 1 is 1.41 bits per heavy atom. The second-order valence-corrected chi connectivity index (χ2v) is 5.43. The molecule has 0 saturated heterocycles. The zero-order valence-corrected chi connectivity index (χ0v) is 10.9. The zero-order chi connectivity index (χ0) is 12.1. The molecule has 1 aromatic heterocycles. The Labute approximate surface area is 107 Å². The van der Waals surface area contributed by atoms with Crippen molar-refractivity contribution in [3.63, 3.8) is 0 Å². The first kappa shape index (κ1) is 12.3. The van der Waals surface area contributed by atoms with E-state index in [1.165, 1.54) is 16.0 Å². The number of nitrogens with zero attached hydrogens (tertiary/aromatic N) is 1. The van der Waals surface area contributed by atoms with Crippen LogP contribution in [0.5, 0.6) is 0 Å². The molecule has 90 valence electrons. The number of hydrogen-bond acceptors (Lipinski definition) is 3. The smallest absolute Gasteiger partial charge is 0.0794 e. The molecule has 2 rings (SSSR count). The van der Waals surface area contributed by atoms with E-state index >= 15 is 0 Å². The molecule has 1 atom stereocenters. The van der Waals surface area contributed by atoms with Crippen LogP contribution in [0.1, 0.15) is 22.4 Å². The lowest BCUT2D eigenvalue weighted by Crippen LogP contribution is -2.23. The lowest BCUT2D eigenvalue weighted by atomic mass is 10.0. The summed E-state index contributed by atoms with van der Waals surface area (Å²) in [6.07, 6.45) is 4.94. The average molecular weight is 246 g/mol. The van der Waals surface area contributed by atoms with Crippen LogP contribution >= 0.6 is 11.3 Å². The van der Waals surface area contributed by atoms with E-state index in [2.05, 4.69) is 36.2 Å². The summed E-state index contributed by atoms with van der Waals surface area (Å²) in [6, 6.07) is 8.88. The lowest BCUT2D eigenvalue weighted by molar-refractivity contribution is 0.614. The van der Waals surface area contributed by atoms with Crippen molar-refractivity contribution < 1.29 is 0 Å². The van der Waals surface area contributed by atoms with Gasteiger partial charge in [-0.2, -0.15) is 0 Å². The molecule has 1 aromatic carbocycles. The molecule has 0 spiro atoms. The first-order valence-electron chi connectivity index (χ1n) is 5.92. The van der Waals surface area contributed by atoms with Crippen molar-refractivity contribution in [3.05, 3.63) is 52.0 Å². The highest BCUT2D eigenvalue weighted by Gasteiger charge is 2.05. The summed E-state index contributed by atoms with van der Waals surface area (Å²) in [7, 11) is 0. The second-order valence-electron chi connectivity index (χ2n) is 4.46. The average Bonchev–Trinajstić information content (AvgIpc) is 2.79. The van der Waals surface area contributed by atoms with Gasteiger partial charge in [-0.15, -0.1) is 11.3 Å². The standard InChI is InChI=1S/C14H18N2S/c1-11-3-2-4-12(7-11)5-6-13(15)8-14-9-16-10-17-14/h2-4,7,9-10,13H,5-6,8,15H2,1H3. The van der Waals surface area contributed by atoms with Crippen molar-refractivity contribution in [2.24, 2.45) is 5.73 Å². The van der Waals surface area contributed by atoms with Crippen molar-refractivity contribution in [1.82, 2.24) is 4.98 Å². The summed E-state index contributed by atoms with van der Waals surface area (Å²) in [5.74, 6) is 0. The number of hydrogen-bond donors (Lipinski definition) is 1. The molecule has 0 aliphatic heterocycles. The molecule has 1 unspecified atom stereocenters. The maximum atomic E-state index is 6.13. The molecule has 0 saturated carbocycles. The molecular formula is C14H18N2S. The van der Waals surface area contributed by atoms with Gasteiger partial charge >= 0.3 is 0 Å². The molecule has 0 fully saturated rings. The van der Waals surface area contributed by atoms with Crippen LogP contribution in [0.3, 0.4) is 0 Å². The van der Waals surface area contributed by atoms with E-state index in [0.717, 1.165) is 19.3 Å². The highest BCUT2D eigenvalue weighted by atomic mass is 32.1. The number of benzene rings is 1. The predicted octanol–water partition coefficient (Wildman–Crippen LogP) is 2.95. The largest absolute Gasteiger partial charge is 0.327 e. The normalized spacial score (nSPS) is 12.6. The first-order valence-corrected chi connectivity index (χ1v) is 6.80. The summed E-state index contributed by atoms with van der Waals surface area (Å²) in [5.41, 5.74) is 10.7. The summed E-state index contributed by atoms with van der Waals surface area (Å²) >= 11 is 1.68. The monoisotopic (exact) mass is 246 g/mol. The van der Waals surface area contributed by atoms with Crippen LogP contribution in [0.25, 0.3) is 0 Å². The molecule has 0 bridgehead atoms. The Kier molecular flexibility index (Phi) is 4.29. The Morgan fingerprint density at radius 3 is 3.00 bits per heavy atom. The fourth-order valence-corrected chi connectivity index (χ4v) is 2.61. The summed E-state index contributed by atoms with van der Waals surface area (Å²) < 4.78 is 0. The lowest BCUT2D eigenvalue weighted by Gasteiger charge is -2.10. The van der Waals surface area contributed by atoms with Crippen LogP contribution in [0, 0.1) is 6.92 Å². The van der Waals surface area contributed by atoms with Crippen molar-refractivity contribution in [2.45, 2.75) is 32.2 Å². The predicted molar refractivity (Wildman–Crippen MR) is 73.3 cm³/mol. The third kappa shape index (κ3) is 3.95. The van der Waals surface area contributed by atoms with Gasteiger partial charge in [0.15, 0.2) is 0 Å². The van der Waals surface area contributed by atoms with Gasteiger partial charge in [0, 0.05) is 17.1 Å². The van der Waals surface area contributed by atoms with Crippen molar-refractivity contribution in [2.75, 3.05) is 0 Å².